The van der Waals surface area contributed by atoms with Gasteiger partial charge in [0.05, 0.1) is 26.0 Å². The average Bonchev–Trinajstić information content (AvgIpc) is 3.33. The fourth-order valence-electron chi connectivity index (χ4n) is 3.42. The zero-order chi connectivity index (χ0) is 18.9. The molecule has 3 aromatic rings. The van der Waals surface area contributed by atoms with E-state index in [1.807, 2.05) is 42.5 Å². The molecule has 5 nitrogen and oxygen atoms in total. The topological polar surface area (TPSA) is 60.6 Å². The number of ketones is 1. The van der Waals surface area contributed by atoms with E-state index in [-0.39, 0.29) is 5.78 Å². The highest BCUT2D eigenvalue weighted by Gasteiger charge is 2.39. The van der Waals surface area contributed by atoms with Crippen molar-refractivity contribution in [3.05, 3.63) is 64.8 Å². The number of Topliss-reactive ketones (excluding diaryl/α,β-unsaturated/α-hetero) is 1. The third kappa shape index (κ3) is 3.58. The predicted molar refractivity (Wildman–Crippen MR) is 103 cm³/mol. The van der Waals surface area contributed by atoms with Crippen molar-refractivity contribution in [2.24, 2.45) is 0 Å². The van der Waals surface area contributed by atoms with Crippen molar-refractivity contribution in [1.82, 2.24) is 4.98 Å². The van der Waals surface area contributed by atoms with Crippen LogP contribution in [0.2, 0.25) is 5.02 Å². The number of hydrogen-bond acceptors (Lipinski definition) is 4. The monoisotopic (exact) mass is 385 g/mol. The molecule has 2 heterocycles. The number of H-pyrrole nitrogens is 1. The number of nitrogens with one attached hydrogen (secondary N) is 1. The van der Waals surface area contributed by atoms with E-state index in [4.69, 9.17) is 25.8 Å². The smallest absolute Gasteiger partial charge is 0.195 e. The van der Waals surface area contributed by atoms with Crippen molar-refractivity contribution < 1.29 is 19.0 Å². The maximum atomic E-state index is 12.7. The molecule has 6 heteroatoms. The Balaban J connectivity index is 1.52. The van der Waals surface area contributed by atoms with Crippen LogP contribution >= 0.6 is 11.6 Å². The summed E-state index contributed by atoms with van der Waals surface area (Å²) in [5.74, 6) is -0.119. The van der Waals surface area contributed by atoms with Gasteiger partial charge in [0.15, 0.2) is 11.6 Å². The van der Waals surface area contributed by atoms with Gasteiger partial charge in [-0.1, -0.05) is 11.6 Å². The van der Waals surface area contributed by atoms with Crippen molar-refractivity contribution in [3.63, 3.8) is 0 Å². The molecule has 27 heavy (non-hydrogen) atoms. The van der Waals surface area contributed by atoms with E-state index in [1.165, 1.54) is 0 Å². The summed E-state index contributed by atoms with van der Waals surface area (Å²) in [6.07, 6.45) is 0.737. The van der Waals surface area contributed by atoms with Crippen LogP contribution in [0.3, 0.4) is 0 Å². The van der Waals surface area contributed by atoms with Crippen LogP contribution in [0, 0.1) is 0 Å². The normalized spacial score (nSPS) is 15.9. The maximum absolute atomic E-state index is 12.7. The third-order valence-electron chi connectivity index (χ3n) is 4.85. The highest BCUT2D eigenvalue weighted by atomic mass is 35.5. The molecule has 1 aromatic heterocycles. The van der Waals surface area contributed by atoms with Gasteiger partial charge in [-0.2, -0.15) is 0 Å². The fraction of sp³-hybridized carbons (Fsp3) is 0.286. The van der Waals surface area contributed by atoms with Crippen molar-refractivity contribution >= 4 is 28.3 Å². The van der Waals surface area contributed by atoms with Crippen molar-refractivity contribution in [2.45, 2.75) is 18.6 Å². The second-order valence-corrected chi connectivity index (χ2v) is 6.95. The molecule has 0 amide bonds. The summed E-state index contributed by atoms with van der Waals surface area (Å²) in [6, 6.07) is 14.9. The Labute approximate surface area is 162 Å². The van der Waals surface area contributed by atoms with Crippen LogP contribution in [-0.4, -0.2) is 31.1 Å². The van der Waals surface area contributed by atoms with Gasteiger partial charge in [-0.15, -0.1) is 0 Å². The molecule has 0 radical (unpaired) electrons. The summed E-state index contributed by atoms with van der Waals surface area (Å²) in [7, 11) is 1.62. The molecule has 1 N–H and O–H groups in total. The number of rotatable bonds is 6. The summed E-state index contributed by atoms with van der Waals surface area (Å²) < 4.78 is 17.0. The van der Waals surface area contributed by atoms with Crippen LogP contribution in [0.25, 0.3) is 10.9 Å². The van der Waals surface area contributed by atoms with Gasteiger partial charge in [0.2, 0.25) is 0 Å². The number of fused-ring (bicyclic) bond motifs is 1. The summed E-state index contributed by atoms with van der Waals surface area (Å²) in [6.45, 7) is 1.01. The molecule has 1 fully saturated rings. The molecular formula is C21H20ClNO4. The van der Waals surface area contributed by atoms with Crippen molar-refractivity contribution in [1.29, 1.82) is 0 Å². The van der Waals surface area contributed by atoms with Crippen LogP contribution in [0.5, 0.6) is 5.75 Å². The summed E-state index contributed by atoms with van der Waals surface area (Å²) in [5.41, 5.74) is 2.34. The number of methoxy groups -OCH3 is 1. The molecule has 0 bridgehead atoms. The zero-order valence-electron chi connectivity index (χ0n) is 15.0. The number of carbonyl (C=O) groups excluding carboxylic acids is 1. The van der Waals surface area contributed by atoms with E-state index in [1.54, 1.807) is 13.2 Å². The van der Waals surface area contributed by atoms with Crippen LogP contribution in [-0.2, 0) is 15.3 Å². The molecule has 0 spiro atoms. The number of benzene rings is 2. The van der Waals surface area contributed by atoms with E-state index in [0.717, 1.165) is 22.2 Å². The van der Waals surface area contributed by atoms with Crippen LogP contribution < -0.4 is 4.74 Å². The summed E-state index contributed by atoms with van der Waals surface area (Å²) in [4.78, 5) is 15.9. The minimum absolute atomic E-state index is 0.00862. The average molecular weight is 386 g/mol. The Hall–Kier alpha value is -2.34. The minimum Gasteiger partial charge on any atom is -0.497 e. The zero-order valence-corrected chi connectivity index (χ0v) is 15.7. The Morgan fingerprint density at radius 1 is 1.15 bits per heavy atom. The van der Waals surface area contributed by atoms with Gasteiger partial charge in [-0.25, -0.2) is 0 Å². The number of aromatic nitrogens is 1. The summed E-state index contributed by atoms with van der Waals surface area (Å²) >= 11 is 6.02. The molecular weight excluding hydrogens is 366 g/mol. The van der Waals surface area contributed by atoms with Crippen LogP contribution in [0.15, 0.2) is 48.5 Å². The lowest BCUT2D eigenvalue weighted by Gasteiger charge is -2.27. The Morgan fingerprint density at radius 3 is 2.59 bits per heavy atom. The second kappa shape index (κ2) is 7.35. The van der Waals surface area contributed by atoms with Gasteiger partial charge < -0.3 is 19.2 Å². The van der Waals surface area contributed by atoms with E-state index in [9.17, 15) is 4.79 Å². The molecule has 1 saturated heterocycles. The Kier molecular flexibility index (Phi) is 4.91. The van der Waals surface area contributed by atoms with Gasteiger partial charge in [0.25, 0.3) is 0 Å². The molecule has 0 saturated carbocycles. The lowest BCUT2D eigenvalue weighted by molar-refractivity contribution is -0.170. The van der Waals surface area contributed by atoms with Gasteiger partial charge in [0, 0.05) is 34.3 Å². The highest BCUT2D eigenvalue weighted by molar-refractivity contribution is 6.31. The lowest BCUT2D eigenvalue weighted by atomic mass is 9.98. The number of hydrogen-bond donors (Lipinski definition) is 1. The van der Waals surface area contributed by atoms with E-state index < -0.39 is 5.79 Å². The molecule has 0 aliphatic carbocycles. The van der Waals surface area contributed by atoms with Crippen molar-refractivity contribution in [2.75, 3.05) is 20.3 Å². The van der Waals surface area contributed by atoms with Gasteiger partial charge in [-0.05, 0) is 48.5 Å². The van der Waals surface area contributed by atoms with Gasteiger partial charge in [-0.3, -0.25) is 4.79 Å². The molecule has 140 valence electrons. The van der Waals surface area contributed by atoms with Crippen molar-refractivity contribution in [3.8, 4) is 5.75 Å². The molecule has 2 aromatic carbocycles. The lowest BCUT2D eigenvalue weighted by Crippen LogP contribution is -2.28. The first kappa shape index (κ1) is 18.0. The first-order chi connectivity index (χ1) is 13.1. The minimum atomic E-state index is -0.892. The molecule has 1 aliphatic rings. The molecule has 0 unspecified atom stereocenters. The van der Waals surface area contributed by atoms with Crippen LogP contribution in [0.4, 0.5) is 0 Å². The van der Waals surface area contributed by atoms with E-state index in [0.29, 0.717) is 36.8 Å². The molecule has 4 rings (SSSR count). The number of halogens is 1. The summed E-state index contributed by atoms with van der Waals surface area (Å²) in [5, 5.41) is 1.57. The first-order valence-electron chi connectivity index (χ1n) is 8.83. The quantitative estimate of drug-likeness (QED) is 0.625. The fourth-order valence-corrected chi connectivity index (χ4v) is 3.60. The Morgan fingerprint density at radius 2 is 1.89 bits per heavy atom. The number of aromatic amines is 1. The molecule has 0 atom stereocenters. The van der Waals surface area contributed by atoms with Gasteiger partial charge >= 0.3 is 0 Å². The Bertz CT molecular complexity index is 958. The second-order valence-electron chi connectivity index (χ2n) is 6.52. The van der Waals surface area contributed by atoms with E-state index in [2.05, 4.69) is 4.98 Å². The van der Waals surface area contributed by atoms with Crippen LogP contribution in [0.1, 0.15) is 28.9 Å². The number of carbonyl (C=O) groups is 1. The predicted octanol–water partition coefficient (Wildman–Crippen LogP) is 4.69. The SMILES string of the molecule is COc1ccc(C2(CCC(=O)c3cc4cc(Cl)ccc4[nH]3)OCCO2)cc1. The standard InChI is InChI=1S/C21H20ClNO4/c1-25-17-5-2-15(3-6-17)21(26-10-11-27-21)9-8-20(24)19-13-14-12-16(22)4-7-18(14)23-19/h2-7,12-13,23H,8-11H2,1H3. The third-order valence-corrected chi connectivity index (χ3v) is 5.08. The first-order valence-corrected chi connectivity index (χ1v) is 9.21. The van der Waals surface area contributed by atoms with E-state index >= 15 is 0 Å². The van der Waals surface area contributed by atoms with Gasteiger partial charge in [0.1, 0.15) is 5.75 Å². The molecule has 1 aliphatic heterocycles. The largest absolute Gasteiger partial charge is 0.497 e. The number of ether oxygens (including phenoxy) is 3. The maximum Gasteiger partial charge on any atom is 0.195 e. The highest BCUT2D eigenvalue weighted by Crippen LogP contribution is 2.37.